The summed E-state index contributed by atoms with van der Waals surface area (Å²) < 4.78 is 1.86. The normalized spacial score (nSPS) is 40.8. The third-order valence-corrected chi connectivity index (χ3v) is 10.5. The van der Waals surface area contributed by atoms with Crippen molar-refractivity contribution in [3.63, 3.8) is 0 Å². The number of likely N-dealkylation sites (N-methyl/N-ethyl adjacent to an activating group) is 1. The van der Waals surface area contributed by atoms with Gasteiger partial charge in [-0.25, -0.2) is 4.68 Å². The van der Waals surface area contributed by atoms with Crippen LogP contribution in [-0.4, -0.2) is 64.1 Å². The van der Waals surface area contributed by atoms with Crippen LogP contribution in [0.3, 0.4) is 0 Å². The van der Waals surface area contributed by atoms with Gasteiger partial charge in [-0.3, -0.25) is 0 Å². The summed E-state index contributed by atoms with van der Waals surface area (Å²) in [6, 6.07) is 0. The van der Waals surface area contributed by atoms with Crippen LogP contribution < -0.4 is 0 Å². The number of nitrogens with zero attached hydrogens (tertiary/aromatic N) is 5. The molecule has 0 aromatic carbocycles. The van der Waals surface area contributed by atoms with Crippen LogP contribution in [0.25, 0.3) is 0 Å². The Morgan fingerprint density at radius 3 is 2.76 bits per heavy atom. The van der Waals surface area contributed by atoms with Gasteiger partial charge in [0.05, 0.1) is 24.1 Å². The summed E-state index contributed by atoms with van der Waals surface area (Å²) in [5, 5.41) is 23.7. The van der Waals surface area contributed by atoms with E-state index in [0.717, 1.165) is 61.6 Å². The third kappa shape index (κ3) is 4.43. The van der Waals surface area contributed by atoms with Gasteiger partial charge in [0.15, 0.2) is 0 Å². The maximum Gasteiger partial charge on any atom is 0.136 e. The van der Waals surface area contributed by atoms with E-state index in [9.17, 15) is 5.11 Å². The molecule has 7 heteroatoms. The molecule has 6 unspecified atom stereocenters. The molecule has 7 nitrogen and oxygen atoms in total. The van der Waals surface area contributed by atoms with Crippen molar-refractivity contribution < 1.29 is 9.94 Å². The SMILES string of the molecule is CN(C)CCc1cn(CCON=C2CCC3(C)C(CCC4C5CCC(O)C5(C)CC[C@@H]43)C2)nn1. The van der Waals surface area contributed by atoms with Crippen LogP contribution in [0, 0.1) is 34.5 Å². The Balaban J connectivity index is 1.13. The van der Waals surface area contributed by atoms with Crippen molar-refractivity contribution in [1.82, 2.24) is 19.9 Å². The molecule has 190 valence electrons. The molecule has 1 heterocycles. The van der Waals surface area contributed by atoms with Crippen LogP contribution in [0.15, 0.2) is 11.4 Å². The number of aliphatic hydroxyl groups is 1. The van der Waals surface area contributed by atoms with Crippen LogP contribution in [-0.2, 0) is 17.8 Å². The van der Waals surface area contributed by atoms with E-state index in [1.54, 1.807) is 0 Å². The lowest BCUT2D eigenvalue weighted by Gasteiger charge is -2.60. The maximum atomic E-state index is 10.7. The van der Waals surface area contributed by atoms with Gasteiger partial charge in [-0.15, -0.1) is 5.10 Å². The van der Waals surface area contributed by atoms with Gasteiger partial charge in [0.25, 0.3) is 0 Å². The molecule has 0 saturated heterocycles. The Morgan fingerprint density at radius 1 is 1.12 bits per heavy atom. The number of hydrogen-bond donors (Lipinski definition) is 1. The molecule has 34 heavy (non-hydrogen) atoms. The topological polar surface area (TPSA) is 75.8 Å². The Morgan fingerprint density at radius 2 is 1.94 bits per heavy atom. The van der Waals surface area contributed by atoms with E-state index in [0.29, 0.717) is 18.6 Å². The van der Waals surface area contributed by atoms with E-state index in [-0.39, 0.29) is 11.5 Å². The summed E-state index contributed by atoms with van der Waals surface area (Å²) >= 11 is 0. The quantitative estimate of drug-likeness (QED) is 0.477. The summed E-state index contributed by atoms with van der Waals surface area (Å²) in [5.74, 6) is 3.11. The van der Waals surface area contributed by atoms with E-state index in [2.05, 4.69) is 48.3 Å². The predicted octanol–water partition coefficient (Wildman–Crippen LogP) is 4.16. The first-order valence-electron chi connectivity index (χ1n) is 13.7. The molecule has 0 radical (unpaired) electrons. The largest absolute Gasteiger partial charge is 0.394 e. The summed E-state index contributed by atoms with van der Waals surface area (Å²) in [6.07, 6.45) is 13.7. The summed E-state index contributed by atoms with van der Waals surface area (Å²) in [5.41, 5.74) is 2.89. The molecule has 4 fully saturated rings. The van der Waals surface area contributed by atoms with Crippen molar-refractivity contribution in [2.75, 3.05) is 27.2 Å². The van der Waals surface area contributed by atoms with Gasteiger partial charge in [-0.1, -0.05) is 24.2 Å². The molecule has 7 atom stereocenters. The highest BCUT2D eigenvalue weighted by Gasteiger charge is 2.59. The summed E-state index contributed by atoms with van der Waals surface area (Å²) in [6.45, 7) is 7.16. The molecular weight excluding hydrogens is 426 g/mol. The second kappa shape index (κ2) is 9.53. The van der Waals surface area contributed by atoms with Gasteiger partial charge < -0.3 is 14.8 Å². The van der Waals surface area contributed by atoms with E-state index >= 15 is 0 Å². The van der Waals surface area contributed by atoms with E-state index in [4.69, 9.17) is 4.84 Å². The molecule has 0 aliphatic heterocycles. The minimum atomic E-state index is -0.0756. The Kier molecular flexibility index (Phi) is 6.79. The molecule has 4 aliphatic rings. The monoisotopic (exact) mass is 471 g/mol. The van der Waals surface area contributed by atoms with Gasteiger partial charge in [0.2, 0.25) is 0 Å². The molecule has 0 spiro atoms. The Labute approximate surface area is 205 Å². The average molecular weight is 472 g/mol. The third-order valence-electron chi connectivity index (χ3n) is 10.5. The first-order valence-corrected chi connectivity index (χ1v) is 13.7. The number of hydrogen-bond acceptors (Lipinski definition) is 6. The smallest absolute Gasteiger partial charge is 0.136 e. The standard InChI is InChI=1S/C27H45N5O2/c1-26-12-9-20(29-34-16-15-32-18-21(28-30-32)11-14-31(3)4)17-19(26)5-6-22-23-7-8-25(33)27(23,2)13-10-24(22)26/h18-19,22-25,33H,5-17H2,1-4H3/t19?,22?,23?,24-,25?,26?,27?/m0/s1. The van der Waals surface area contributed by atoms with Crippen LogP contribution in [0.2, 0.25) is 0 Å². The fourth-order valence-electron chi connectivity index (χ4n) is 8.29. The lowest BCUT2D eigenvalue weighted by Crippen LogP contribution is -2.54. The number of aromatic nitrogens is 3. The summed E-state index contributed by atoms with van der Waals surface area (Å²) in [7, 11) is 4.14. The number of oxime groups is 1. The molecule has 1 N–H and O–H groups in total. The van der Waals surface area contributed by atoms with Crippen molar-refractivity contribution >= 4 is 5.71 Å². The lowest BCUT2D eigenvalue weighted by atomic mass is 9.45. The van der Waals surface area contributed by atoms with Gasteiger partial charge in [-0.05, 0) is 106 Å². The highest BCUT2D eigenvalue weighted by molar-refractivity contribution is 5.85. The molecule has 0 amide bonds. The minimum absolute atomic E-state index is 0.0756. The number of fused-ring (bicyclic) bond motifs is 5. The molecule has 4 saturated carbocycles. The molecule has 1 aromatic rings. The van der Waals surface area contributed by atoms with Crippen molar-refractivity contribution in [2.45, 2.75) is 90.7 Å². The zero-order chi connectivity index (χ0) is 23.9. The Bertz CT molecular complexity index is 884. The van der Waals surface area contributed by atoms with Crippen molar-refractivity contribution in [3.05, 3.63) is 11.9 Å². The Hall–Kier alpha value is -1.47. The van der Waals surface area contributed by atoms with Gasteiger partial charge in [0.1, 0.15) is 6.61 Å². The van der Waals surface area contributed by atoms with Crippen molar-refractivity contribution in [1.29, 1.82) is 0 Å². The lowest BCUT2D eigenvalue weighted by molar-refractivity contribution is -0.112. The first kappa shape index (κ1) is 24.2. The zero-order valence-corrected chi connectivity index (χ0v) is 21.7. The minimum Gasteiger partial charge on any atom is -0.394 e. The number of aliphatic hydroxyl groups excluding tert-OH is 1. The molecular formula is C27H45N5O2. The van der Waals surface area contributed by atoms with Crippen LogP contribution in [0.4, 0.5) is 0 Å². The van der Waals surface area contributed by atoms with E-state index in [1.807, 2.05) is 10.9 Å². The number of rotatable bonds is 7. The van der Waals surface area contributed by atoms with Gasteiger partial charge >= 0.3 is 0 Å². The van der Waals surface area contributed by atoms with Crippen molar-refractivity contribution in [3.8, 4) is 0 Å². The fourth-order valence-corrected chi connectivity index (χ4v) is 8.29. The zero-order valence-electron chi connectivity index (χ0n) is 21.7. The maximum absolute atomic E-state index is 10.7. The van der Waals surface area contributed by atoms with E-state index < -0.39 is 0 Å². The second-order valence-electron chi connectivity index (χ2n) is 12.5. The molecule has 1 aromatic heterocycles. The van der Waals surface area contributed by atoms with Gasteiger partial charge in [0, 0.05) is 19.2 Å². The second-order valence-corrected chi connectivity index (χ2v) is 12.5. The molecule has 4 aliphatic carbocycles. The van der Waals surface area contributed by atoms with Crippen LogP contribution in [0.1, 0.15) is 77.3 Å². The predicted molar refractivity (Wildman–Crippen MR) is 133 cm³/mol. The highest BCUT2D eigenvalue weighted by Crippen LogP contribution is 2.65. The highest BCUT2D eigenvalue weighted by atomic mass is 16.6. The van der Waals surface area contributed by atoms with Crippen LogP contribution in [0.5, 0.6) is 0 Å². The van der Waals surface area contributed by atoms with Gasteiger partial charge in [-0.2, -0.15) is 0 Å². The molecule has 5 rings (SSSR count). The van der Waals surface area contributed by atoms with Crippen LogP contribution >= 0.6 is 0 Å². The van der Waals surface area contributed by atoms with Crippen molar-refractivity contribution in [2.24, 2.45) is 39.7 Å². The average Bonchev–Trinajstić information content (AvgIpc) is 3.39. The fraction of sp³-hybridized carbons (Fsp3) is 0.889. The first-order chi connectivity index (χ1) is 16.3. The van der Waals surface area contributed by atoms with E-state index in [1.165, 1.54) is 44.2 Å². The molecule has 0 bridgehead atoms. The summed E-state index contributed by atoms with van der Waals surface area (Å²) in [4.78, 5) is 7.91.